The quantitative estimate of drug-likeness (QED) is 0.852. The normalized spacial score (nSPS) is 15.8. The van der Waals surface area contributed by atoms with Crippen LogP contribution in [0, 0.1) is 6.92 Å². The number of hydrogen-bond acceptors (Lipinski definition) is 3. The van der Waals surface area contributed by atoms with Crippen LogP contribution in [0.3, 0.4) is 0 Å². The molecule has 1 unspecified atom stereocenters. The number of benzene rings is 1. The zero-order valence-corrected chi connectivity index (χ0v) is 15.5. The van der Waals surface area contributed by atoms with E-state index < -0.39 is 0 Å². The molecule has 1 fully saturated rings. The standard InChI is InChI=1S/C17H24BrN3O2/c1-12-10-14(18)6-7-15(12)19-16(22)11-20(3)13(2)17(23)21-8-4-5-9-21/h6-7,10,13H,4-5,8-9,11H2,1-3H3,(H,19,22). The second kappa shape index (κ2) is 7.93. The minimum absolute atomic E-state index is 0.109. The molecular formula is C17H24BrN3O2. The number of likely N-dealkylation sites (tertiary alicyclic amines) is 1. The van der Waals surface area contributed by atoms with E-state index in [0.29, 0.717) is 0 Å². The summed E-state index contributed by atoms with van der Waals surface area (Å²) in [6, 6.07) is 5.44. The van der Waals surface area contributed by atoms with Crippen LogP contribution in [0.4, 0.5) is 5.69 Å². The van der Waals surface area contributed by atoms with E-state index in [1.54, 1.807) is 4.90 Å². The molecule has 1 aliphatic rings. The molecule has 1 heterocycles. The van der Waals surface area contributed by atoms with E-state index in [0.717, 1.165) is 41.7 Å². The Kier molecular flexibility index (Phi) is 6.18. The van der Waals surface area contributed by atoms with Crippen molar-refractivity contribution in [2.45, 2.75) is 32.7 Å². The van der Waals surface area contributed by atoms with Gasteiger partial charge in [-0.1, -0.05) is 15.9 Å². The Hall–Kier alpha value is -1.40. The number of rotatable bonds is 5. The summed E-state index contributed by atoms with van der Waals surface area (Å²) in [6.07, 6.45) is 2.15. The summed E-state index contributed by atoms with van der Waals surface area (Å²) in [7, 11) is 1.81. The summed E-state index contributed by atoms with van der Waals surface area (Å²) in [6.45, 7) is 5.67. The lowest BCUT2D eigenvalue weighted by molar-refractivity contribution is -0.135. The molecule has 126 valence electrons. The van der Waals surface area contributed by atoms with Crippen LogP contribution in [-0.2, 0) is 9.59 Å². The fraction of sp³-hybridized carbons (Fsp3) is 0.529. The van der Waals surface area contributed by atoms with Crippen molar-refractivity contribution in [3.05, 3.63) is 28.2 Å². The first-order chi connectivity index (χ1) is 10.9. The molecule has 23 heavy (non-hydrogen) atoms. The van der Waals surface area contributed by atoms with Crippen molar-refractivity contribution in [2.24, 2.45) is 0 Å². The number of amides is 2. The lowest BCUT2D eigenvalue weighted by Gasteiger charge is -2.27. The fourth-order valence-electron chi connectivity index (χ4n) is 2.71. The van der Waals surface area contributed by atoms with Crippen LogP contribution >= 0.6 is 15.9 Å². The van der Waals surface area contributed by atoms with Gasteiger partial charge in [-0.15, -0.1) is 0 Å². The summed E-state index contributed by atoms with van der Waals surface area (Å²) >= 11 is 3.41. The van der Waals surface area contributed by atoms with Gasteiger partial charge in [0.1, 0.15) is 0 Å². The van der Waals surface area contributed by atoms with Gasteiger partial charge in [0, 0.05) is 23.2 Å². The number of carbonyl (C=O) groups excluding carboxylic acids is 2. The molecule has 0 saturated carbocycles. The second-order valence-electron chi connectivity index (χ2n) is 6.13. The van der Waals surface area contributed by atoms with Crippen LogP contribution in [0.5, 0.6) is 0 Å². The lowest BCUT2D eigenvalue weighted by atomic mass is 10.2. The van der Waals surface area contributed by atoms with E-state index in [4.69, 9.17) is 0 Å². The molecule has 0 bridgehead atoms. The Morgan fingerprint density at radius 1 is 1.35 bits per heavy atom. The van der Waals surface area contributed by atoms with Crippen LogP contribution in [0.25, 0.3) is 0 Å². The number of halogens is 1. The minimum atomic E-state index is -0.287. The maximum Gasteiger partial charge on any atom is 0.239 e. The smallest absolute Gasteiger partial charge is 0.239 e. The van der Waals surface area contributed by atoms with Gasteiger partial charge in [-0.25, -0.2) is 0 Å². The van der Waals surface area contributed by atoms with Crippen LogP contribution in [0.15, 0.2) is 22.7 Å². The molecule has 0 radical (unpaired) electrons. The summed E-state index contributed by atoms with van der Waals surface area (Å²) in [5, 5.41) is 2.91. The molecule has 1 atom stereocenters. The number of likely N-dealkylation sites (N-methyl/N-ethyl adjacent to an activating group) is 1. The number of nitrogens with one attached hydrogen (secondary N) is 1. The SMILES string of the molecule is Cc1cc(Br)ccc1NC(=O)CN(C)C(C)C(=O)N1CCCC1. The number of anilines is 1. The molecule has 6 heteroatoms. The highest BCUT2D eigenvalue weighted by molar-refractivity contribution is 9.10. The topological polar surface area (TPSA) is 52.7 Å². The number of carbonyl (C=O) groups is 2. The van der Waals surface area contributed by atoms with Gasteiger partial charge in [-0.2, -0.15) is 0 Å². The van der Waals surface area contributed by atoms with Gasteiger partial charge in [-0.05, 0) is 57.5 Å². The Bertz CT molecular complexity index is 585. The van der Waals surface area contributed by atoms with E-state index >= 15 is 0 Å². The highest BCUT2D eigenvalue weighted by Crippen LogP contribution is 2.20. The highest BCUT2D eigenvalue weighted by atomic mass is 79.9. The lowest BCUT2D eigenvalue weighted by Crippen LogP contribution is -2.46. The third kappa shape index (κ3) is 4.78. The van der Waals surface area contributed by atoms with Gasteiger partial charge in [-0.3, -0.25) is 14.5 Å². The van der Waals surface area contributed by atoms with Gasteiger partial charge >= 0.3 is 0 Å². The molecule has 0 aromatic heterocycles. The van der Waals surface area contributed by atoms with Crippen LogP contribution < -0.4 is 5.32 Å². The summed E-state index contributed by atoms with van der Waals surface area (Å²) < 4.78 is 0.981. The second-order valence-corrected chi connectivity index (χ2v) is 7.05. The molecule has 0 aliphatic carbocycles. The summed E-state index contributed by atoms with van der Waals surface area (Å²) in [4.78, 5) is 28.3. The fourth-order valence-corrected chi connectivity index (χ4v) is 3.19. The van der Waals surface area contributed by atoms with E-state index in [2.05, 4.69) is 21.2 Å². The molecule has 1 N–H and O–H groups in total. The van der Waals surface area contributed by atoms with Crippen LogP contribution in [0.1, 0.15) is 25.3 Å². The Labute approximate surface area is 146 Å². The molecule has 5 nitrogen and oxygen atoms in total. The number of aryl methyl sites for hydroxylation is 1. The third-order valence-corrected chi connectivity index (χ3v) is 4.79. The van der Waals surface area contributed by atoms with Crippen LogP contribution in [0.2, 0.25) is 0 Å². The molecule has 2 rings (SSSR count). The van der Waals surface area contributed by atoms with Gasteiger partial charge in [0.05, 0.1) is 12.6 Å². The average molecular weight is 382 g/mol. The highest BCUT2D eigenvalue weighted by Gasteiger charge is 2.26. The maximum atomic E-state index is 12.4. The van der Waals surface area contributed by atoms with Crippen molar-refractivity contribution in [2.75, 3.05) is 32.0 Å². The van der Waals surface area contributed by atoms with Crippen molar-refractivity contribution in [3.8, 4) is 0 Å². The van der Waals surface area contributed by atoms with E-state index in [1.807, 2.05) is 44.0 Å². The Balaban J connectivity index is 1.89. The molecule has 1 saturated heterocycles. The molecule has 0 spiro atoms. The number of nitrogens with zero attached hydrogens (tertiary/aromatic N) is 2. The van der Waals surface area contributed by atoms with Gasteiger partial charge in [0.2, 0.25) is 11.8 Å². The van der Waals surface area contributed by atoms with Crippen molar-refractivity contribution in [1.82, 2.24) is 9.80 Å². The van der Waals surface area contributed by atoms with Crippen LogP contribution in [-0.4, -0.2) is 54.3 Å². The first-order valence-corrected chi connectivity index (χ1v) is 8.73. The Morgan fingerprint density at radius 3 is 2.61 bits per heavy atom. The first-order valence-electron chi connectivity index (χ1n) is 7.93. The van der Waals surface area contributed by atoms with Crippen molar-refractivity contribution < 1.29 is 9.59 Å². The minimum Gasteiger partial charge on any atom is -0.341 e. The van der Waals surface area contributed by atoms with Gasteiger partial charge in [0.15, 0.2) is 0 Å². The zero-order chi connectivity index (χ0) is 17.0. The first kappa shape index (κ1) is 17.9. The van der Waals surface area contributed by atoms with Crippen molar-refractivity contribution >= 4 is 33.4 Å². The van der Waals surface area contributed by atoms with Crippen molar-refractivity contribution in [1.29, 1.82) is 0 Å². The van der Waals surface area contributed by atoms with Gasteiger partial charge < -0.3 is 10.2 Å². The van der Waals surface area contributed by atoms with E-state index in [9.17, 15) is 9.59 Å². The maximum absolute atomic E-state index is 12.4. The predicted molar refractivity (Wildman–Crippen MR) is 95.4 cm³/mol. The van der Waals surface area contributed by atoms with E-state index in [-0.39, 0.29) is 24.4 Å². The Morgan fingerprint density at radius 2 is 2.00 bits per heavy atom. The third-order valence-electron chi connectivity index (χ3n) is 4.29. The molecular weight excluding hydrogens is 358 g/mol. The zero-order valence-electron chi connectivity index (χ0n) is 13.9. The van der Waals surface area contributed by atoms with Crippen molar-refractivity contribution in [3.63, 3.8) is 0 Å². The molecule has 1 aromatic carbocycles. The average Bonchev–Trinajstić information content (AvgIpc) is 3.02. The summed E-state index contributed by atoms with van der Waals surface area (Å²) in [5.74, 6) is -0.00313. The van der Waals surface area contributed by atoms with Gasteiger partial charge in [0.25, 0.3) is 0 Å². The van der Waals surface area contributed by atoms with E-state index in [1.165, 1.54) is 0 Å². The molecule has 1 aromatic rings. The molecule has 2 amide bonds. The number of hydrogen-bond donors (Lipinski definition) is 1. The monoisotopic (exact) mass is 381 g/mol. The largest absolute Gasteiger partial charge is 0.341 e. The molecule has 1 aliphatic heterocycles. The summed E-state index contributed by atoms with van der Waals surface area (Å²) in [5.41, 5.74) is 1.79. The predicted octanol–water partition coefficient (Wildman–Crippen LogP) is 2.64.